The molecule has 0 bridgehead atoms. The van der Waals surface area contributed by atoms with Crippen molar-refractivity contribution in [3.8, 4) is 11.5 Å². The molecule has 2 rings (SSSR count). The van der Waals surface area contributed by atoms with Crippen LogP contribution in [-0.4, -0.2) is 43.5 Å². The molecule has 0 spiro atoms. The van der Waals surface area contributed by atoms with Gasteiger partial charge >= 0.3 is 0 Å². The van der Waals surface area contributed by atoms with Gasteiger partial charge in [-0.1, -0.05) is 23.7 Å². The van der Waals surface area contributed by atoms with Crippen molar-refractivity contribution in [2.75, 3.05) is 20.8 Å². The van der Waals surface area contributed by atoms with Gasteiger partial charge in [0.05, 0.1) is 7.11 Å². The largest absolute Gasteiger partial charge is 0.497 e. The van der Waals surface area contributed by atoms with Crippen LogP contribution in [0.1, 0.15) is 12.5 Å². The molecule has 0 saturated heterocycles. The molecule has 2 aromatic rings. The molecule has 144 valence electrons. The van der Waals surface area contributed by atoms with Gasteiger partial charge in [0.25, 0.3) is 5.91 Å². The van der Waals surface area contributed by atoms with E-state index in [2.05, 4.69) is 5.32 Å². The second kappa shape index (κ2) is 9.83. The summed E-state index contributed by atoms with van der Waals surface area (Å²) in [4.78, 5) is 26.3. The zero-order valence-corrected chi connectivity index (χ0v) is 16.3. The normalized spacial score (nSPS) is 11.4. The standard InChI is InChI=1S/C20H23ClN2O4/c1-14(20(25)22-2)23(12-15-4-6-16(21)7-5-15)19(24)13-27-18-10-8-17(26-3)9-11-18/h4-11,14H,12-13H2,1-3H3,(H,22,25)/t14-/m1/s1. The predicted molar refractivity (Wildman–Crippen MR) is 104 cm³/mol. The Morgan fingerprint density at radius 3 is 2.22 bits per heavy atom. The number of benzene rings is 2. The molecule has 6 nitrogen and oxygen atoms in total. The van der Waals surface area contributed by atoms with Crippen LogP contribution in [0.5, 0.6) is 11.5 Å². The summed E-state index contributed by atoms with van der Waals surface area (Å²) in [6.07, 6.45) is 0. The summed E-state index contributed by atoms with van der Waals surface area (Å²) in [6.45, 7) is 1.78. The van der Waals surface area contributed by atoms with Gasteiger partial charge in [0.1, 0.15) is 17.5 Å². The molecule has 0 saturated carbocycles. The Labute approximate surface area is 164 Å². The van der Waals surface area contributed by atoms with Crippen molar-refractivity contribution in [3.05, 3.63) is 59.1 Å². The van der Waals surface area contributed by atoms with Gasteiger partial charge in [0.15, 0.2) is 6.61 Å². The highest BCUT2D eigenvalue weighted by atomic mass is 35.5. The Bertz CT molecular complexity index is 763. The minimum Gasteiger partial charge on any atom is -0.497 e. The van der Waals surface area contributed by atoms with Gasteiger partial charge in [-0.2, -0.15) is 0 Å². The first-order valence-electron chi connectivity index (χ1n) is 8.47. The fourth-order valence-electron chi connectivity index (χ4n) is 2.48. The van der Waals surface area contributed by atoms with Gasteiger partial charge in [-0.05, 0) is 48.9 Å². The second-order valence-electron chi connectivity index (χ2n) is 5.90. The number of nitrogens with zero attached hydrogens (tertiary/aromatic N) is 1. The van der Waals surface area contributed by atoms with Crippen molar-refractivity contribution >= 4 is 23.4 Å². The molecule has 0 aliphatic carbocycles. The van der Waals surface area contributed by atoms with Crippen molar-refractivity contribution in [2.45, 2.75) is 19.5 Å². The lowest BCUT2D eigenvalue weighted by molar-refractivity contribution is -0.142. The van der Waals surface area contributed by atoms with Gasteiger partial charge < -0.3 is 19.7 Å². The van der Waals surface area contributed by atoms with E-state index in [0.717, 1.165) is 5.56 Å². The number of nitrogens with one attached hydrogen (secondary N) is 1. The van der Waals surface area contributed by atoms with E-state index >= 15 is 0 Å². The van der Waals surface area contributed by atoms with Gasteiger partial charge in [-0.15, -0.1) is 0 Å². The average molecular weight is 391 g/mol. The number of rotatable bonds is 8. The fourth-order valence-corrected chi connectivity index (χ4v) is 2.60. The first-order chi connectivity index (χ1) is 12.9. The van der Waals surface area contributed by atoms with Crippen LogP contribution < -0.4 is 14.8 Å². The zero-order valence-electron chi connectivity index (χ0n) is 15.6. The smallest absolute Gasteiger partial charge is 0.261 e. The Balaban J connectivity index is 2.09. The Morgan fingerprint density at radius 1 is 1.07 bits per heavy atom. The van der Waals surface area contributed by atoms with Crippen molar-refractivity contribution in [1.29, 1.82) is 0 Å². The summed E-state index contributed by atoms with van der Waals surface area (Å²) in [7, 11) is 3.12. The quantitative estimate of drug-likeness (QED) is 0.752. The molecule has 0 radical (unpaired) electrons. The Morgan fingerprint density at radius 2 is 1.67 bits per heavy atom. The summed E-state index contributed by atoms with van der Waals surface area (Å²) in [5, 5.41) is 3.18. The lowest BCUT2D eigenvalue weighted by Crippen LogP contribution is -2.48. The van der Waals surface area contributed by atoms with E-state index in [0.29, 0.717) is 16.5 Å². The van der Waals surface area contributed by atoms with E-state index in [1.807, 2.05) is 12.1 Å². The van der Waals surface area contributed by atoms with Crippen LogP contribution in [0.4, 0.5) is 0 Å². The number of hydrogen-bond donors (Lipinski definition) is 1. The van der Waals surface area contributed by atoms with Gasteiger partial charge in [0, 0.05) is 18.6 Å². The maximum absolute atomic E-state index is 12.7. The van der Waals surface area contributed by atoms with Crippen LogP contribution in [0, 0.1) is 0 Å². The number of ether oxygens (including phenoxy) is 2. The number of hydrogen-bond acceptors (Lipinski definition) is 4. The average Bonchev–Trinajstić information content (AvgIpc) is 2.70. The molecule has 2 aromatic carbocycles. The van der Waals surface area contributed by atoms with Gasteiger partial charge in [0.2, 0.25) is 5.91 Å². The minimum atomic E-state index is -0.641. The summed E-state index contributed by atoms with van der Waals surface area (Å²) in [5.74, 6) is 0.702. The molecule has 1 N–H and O–H groups in total. The number of carbonyl (C=O) groups excluding carboxylic acids is 2. The number of halogens is 1. The summed E-state index contributed by atoms with van der Waals surface area (Å²) in [5.41, 5.74) is 0.868. The number of methoxy groups -OCH3 is 1. The maximum Gasteiger partial charge on any atom is 0.261 e. The number of amides is 2. The topological polar surface area (TPSA) is 67.9 Å². The molecule has 0 aliphatic rings. The molecule has 2 amide bonds. The minimum absolute atomic E-state index is 0.179. The van der Waals surface area contributed by atoms with E-state index in [-0.39, 0.29) is 25.0 Å². The van der Waals surface area contributed by atoms with Crippen molar-refractivity contribution in [2.24, 2.45) is 0 Å². The SMILES string of the molecule is CNC(=O)[C@@H](C)N(Cc1ccc(Cl)cc1)C(=O)COc1ccc(OC)cc1. The van der Waals surface area contributed by atoms with E-state index in [4.69, 9.17) is 21.1 Å². The molecule has 0 aromatic heterocycles. The van der Waals surface area contributed by atoms with Crippen LogP contribution in [0.25, 0.3) is 0 Å². The molecular formula is C20H23ClN2O4. The molecule has 1 atom stereocenters. The van der Waals surface area contributed by atoms with Crippen LogP contribution in [0.15, 0.2) is 48.5 Å². The molecule has 0 heterocycles. The van der Waals surface area contributed by atoms with Crippen LogP contribution in [-0.2, 0) is 16.1 Å². The summed E-state index contributed by atoms with van der Waals surface area (Å²) >= 11 is 5.91. The zero-order chi connectivity index (χ0) is 19.8. The molecule has 27 heavy (non-hydrogen) atoms. The van der Waals surface area contributed by atoms with Crippen LogP contribution >= 0.6 is 11.6 Å². The highest BCUT2D eigenvalue weighted by Gasteiger charge is 2.25. The predicted octanol–water partition coefficient (Wildman–Crippen LogP) is 2.89. The summed E-state index contributed by atoms with van der Waals surface area (Å²) < 4.78 is 10.7. The van der Waals surface area contributed by atoms with Crippen molar-refractivity contribution in [3.63, 3.8) is 0 Å². The van der Waals surface area contributed by atoms with Crippen molar-refractivity contribution in [1.82, 2.24) is 10.2 Å². The molecule has 0 unspecified atom stereocenters. The van der Waals surface area contributed by atoms with Gasteiger partial charge in [-0.25, -0.2) is 0 Å². The third-order valence-corrected chi connectivity index (χ3v) is 4.35. The number of likely N-dealkylation sites (N-methyl/N-ethyl adjacent to an activating group) is 1. The van der Waals surface area contributed by atoms with Crippen LogP contribution in [0.2, 0.25) is 5.02 Å². The highest BCUT2D eigenvalue weighted by molar-refractivity contribution is 6.30. The molecule has 0 aliphatic heterocycles. The van der Waals surface area contributed by atoms with Crippen LogP contribution in [0.3, 0.4) is 0 Å². The van der Waals surface area contributed by atoms with E-state index in [1.165, 1.54) is 11.9 Å². The fraction of sp³-hybridized carbons (Fsp3) is 0.300. The first kappa shape index (κ1) is 20.6. The molecule has 7 heteroatoms. The highest BCUT2D eigenvalue weighted by Crippen LogP contribution is 2.18. The van der Waals surface area contributed by atoms with E-state index in [9.17, 15) is 9.59 Å². The second-order valence-corrected chi connectivity index (χ2v) is 6.34. The van der Waals surface area contributed by atoms with E-state index < -0.39 is 6.04 Å². The Hall–Kier alpha value is -2.73. The number of carbonyl (C=O) groups is 2. The third-order valence-electron chi connectivity index (χ3n) is 4.10. The van der Waals surface area contributed by atoms with Gasteiger partial charge in [-0.3, -0.25) is 9.59 Å². The first-order valence-corrected chi connectivity index (χ1v) is 8.84. The lowest BCUT2D eigenvalue weighted by Gasteiger charge is -2.28. The third kappa shape index (κ3) is 5.89. The monoisotopic (exact) mass is 390 g/mol. The molecule has 0 fully saturated rings. The molecular weight excluding hydrogens is 368 g/mol. The summed E-state index contributed by atoms with van der Waals surface area (Å²) in [6, 6.07) is 13.4. The van der Waals surface area contributed by atoms with E-state index in [1.54, 1.807) is 50.4 Å². The Kier molecular flexibility index (Phi) is 7.49. The maximum atomic E-state index is 12.7. The lowest BCUT2D eigenvalue weighted by atomic mass is 10.1. The van der Waals surface area contributed by atoms with Crippen molar-refractivity contribution < 1.29 is 19.1 Å².